The van der Waals surface area contributed by atoms with Crippen molar-refractivity contribution < 1.29 is 9.53 Å². The number of rotatable bonds is 6. The summed E-state index contributed by atoms with van der Waals surface area (Å²) in [6.45, 7) is 7.23. The van der Waals surface area contributed by atoms with Gasteiger partial charge in [-0.1, -0.05) is 30.3 Å². The lowest BCUT2D eigenvalue weighted by Crippen LogP contribution is -2.47. The van der Waals surface area contributed by atoms with Crippen LogP contribution in [0.1, 0.15) is 11.3 Å². The molecule has 1 N–H and O–H groups in total. The number of hydrogen-bond donors (Lipinski definition) is 1. The lowest BCUT2D eigenvalue weighted by atomic mass is 10.2. The number of amides is 1. The van der Waals surface area contributed by atoms with Crippen LogP contribution in [0.4, 0.5) is 17.3 Å². The molecule has 0 unspecified atom stereocenters. The standard InChI is InChI=1S/C24H27N5O2/c1-18-7-6-8-20(15-18)26-22(30)17-31-23-16-19(2)25-24(27-23)29-13-11-28(12-14-29)21-9-4-3-5-10-21/h3-10,15-16H,11-14,17H2,1-2H3,(H,26,30). The molecule has 31 heavy (non-hydrogen) atoms. The molecule has 1 amide bonds. The summed E-state index contributed by atoms with van der Waals surface area (Å²) in [4.78, 5) is 25.9. The second kappa shape index (κ2) is 9.47. The van der Waals surface area contributed by atoms with Crippen molar-refractivity contribution in [2.75, 3.05) is 47.9 Å². The molecule has 0 bridgehead atoms. The number of aromatic nitrogens is 2. The van der Waals surface area contributed by atoms with Gasteiger partial charge in [0, 0.05) is 49.3 Å². The first kappa shape index (κ1) is 20.7. The fourth-order valence-corrected chi connectivity index (χ4v) is 3.60. The van der Waals surface area contributed by atoms with E-state index in [9.17, 15) is 4.79 Å². The van der Waals surface area contributed by atoms with E-state index in [2.05, 4.69) is 49.4 Å². The number of hydrogen-bond acceptors (Lipinski definition) is 6. The van der Waals surface area contributed by atoms with Gasteiger partial charge in [-0.15, -0.1) is 0 Å². The molecule has 7 heteroatoms. The summed E-state index contributed by atoms with van der Waals surface area (Å²) in [5.74, 6) is 0.828. The van der Waals surface area contributed by atoms with E-state index in [0.29, 0.717) is 11.8 Å². The first-order valence-electron chi connectivity index (χ1n) is 10.5. The van der Waals surface area contributed by atoms with Crippen molar-refractivity contribution in [1.29, 1.82) is 0 Å². The van der Waals surface area contributed by atoms with Crippen LogP contribution >= 0.6 is 0 Å². The number of carbonyl (C=O) groups is 1. The normalized spacial score (nSPS) is 13.7. The van der Waals surface area contributed by atoms with Gasteiger partial charge in [-0.3, -0.25) is 4.79 Å². The molecule has 0 spiro atoms. The van der Waals surface area contributed by atoms with E-state index in [1.54, 1.807) is 6.07 Å². The Kier molecular flexibility index (Phi) is 6.31. The minimum absolute atomic E-state index is 0.106. The van der Waals surface area contributed by atoms with E-state index in [4.69, 9.17) is 4.74 Å². The van der Waals surface area contributed by atoms with Gasteiger partial charge in [0.2, 0.25) is 11.8 Å². The maximum absolute atomic E-state index is 12.2. The molecule has 1 aliphatic heterocycles. The number of carbonyl (C=O) groups excluding carboxylic acids is 1. The molecule has 160 valence electrons. The Balaban J connectivity index is 1.34. The van der Waals surface area contributed by atoms with E-state index in [0.717, 1.165) is 43.1 Å². The number of anilines is 3. The first-order chi connectivity index (χ1) is 15.1. The highest BCUT2D eigenvalue weighted by Crippen LogP contribution is 2.20. The van der Waals surface area contributed by atoms with Crippen LogP contribution in [-0.2, 0) is 4.79 Å². The van der Waals surface area contributed by atoms with Crippen LogP contribution in [0.25, 0.3) is 0 Å². The van der Waals surface area contributed by atoms with E-state index in [1.807, 2.05) is 44.2 Å². The topological polar surface area (TPSA) is 70.6 Å². The summed E-state index contributed by atoms with van der Waals surface area (Å²) in [7, 11) is 0. The van der Waals surface area contributed by atoms with Gasteiger partial charge in [-0.2, -0.15) is 4.98 Å². The lowest BCUT2D eigenvalue weighted by molar-refractivity contribution is -0.118. The molecule has 1 saturated heterocycles. The molecule has 0 aliphatic carbocycles. The van der Waals surface area contributed by atoms with Gasteiger partial charge in [-0.25, -0.2) is 4.98 Å². The predicted molar refractivity (Wildman–Crippen MR) is 123 cm³/mol. The molecular formula is C24H27N5O2. The summed E-state index contributed by atoms with van der Waals surface area (Å²) >= 11 is 0. The Bertz CT molecular complexity index is 1030. The zero-order chi connectivity index (χ0) is 21.6. The summed E-state index contributed by atoms with van der Waals surface area (Å²) in [6, 6.07) is 19.8. The van der Waals surface area contributed by atoms with Crippen molar-refractivity contribution in [3.8, 4) is 5.88 Å². The van der Waals surface area contributed by atoms with Crippen molar-refractivity contribution in [2.45, 2.75) is 13.8 Å². The van der Waals surface area contributed by atoms with Crippen LogP contribution in [0.15, 0.2) is 60.7 Å². The predicted octanol–water partition coefficient (Wildman–Crippen LogP) is 3.44. The molecule has 1 aromatic heterocycles. The summed E-state index contributed by atoms with van der Waals surface area (Å²) < 4.78 is 5.67. The van der Waals surface area contributed by atoms with Gasteiger partial charge in [0.25, 0.3) is 5.91 Å². The van der Waals surface area contributed by atoms with E-state index in [1.165, 1.54) is 5.69 Å². The molecule has 0 saturated carbocycles. The molecule has 0 atom stereocenters. The highest BCUT2D eigenvalue weighted by Gasteiger charge is 2.20. The van der Waals surface area contributed by atoms with Crippen molar-refractivity contribution in [2.24, 2.45) is 0 Å². The monoisotopic (exact) mass is 417 g/mol. The van der Waals surface area contributed by atoms with Crippen molar-refractivity contribution in [3.05, 3.63) is 71.9 Å². The van der Waals surface area contributed by atoms with E-state index in [-0.39, 0.29) is 12.5 Å². The van der Waals surface area contributed by atoms with Crippen molar-refractivity contribution in [3.63, 3.8) is 0 Å². The summed E-state index contributed by atoms with van der Waals surface area (Å²) in [5.41, 5.74) is 3.88. The maximum atomic E-state index is 12.2. The van der Waals surface area contributed by atoms with Gasteiger partial charge in [0.15, 0.2) is 6.61 Å². The average molecular weight is 418 g/mol. The summed E-state index contributed by atoms with van der Waals surface area (Å²) in [6.07, 6.45) is 0. The molecular weight excluding hydrogens is 390 g/mol. The number of benzene rings is 2. The van der Waals surface area contributed by atoms with Crippen LogP contribution in [0, 0.1) is 13.8 Å². The van der Waals surface area contributed by atoms with E-state index >= 15 is 0 Å². The smallest absolute Gasteiger partial charge is 0.262 e. The minimum Gasteiger partial charge on any atom is -0.467 e. The molecule has 4 rings (SSSR count). The Hall–Kier alpha value is -3.61. The Morgan fingerprint density at radius 1 is 0.935 bits per heavy atom. The molecule has 2 aromatic carbocycles. The SMILES string of the molecule is Cc1cccc(NC(=O)COc2cc(C)nc(N3CCN(c4ccccc4)CC3)n2)c1. The minimum atomic E-state index is -0.222. The van der Waals surface area contributed by atoms with Crippen LogP contribution in [0.3, 0.4) is 0 Å². The highest BCUT2D eigenvalue weighted by molar-refractivity contribution is 5.91. The molecule has 7 nitrogen and oxygen atoms in total. The van der Waals surface area contributed by atoms with Crippen molar-refractivity contribution >= 4 is 23.2 Å². The largest absolute Gasteiger partial charge is 0.467 e. The molecule has 3 aromatic rings. The third-order valence-corrected chi connectivity index (χ3v) is 5.16. The number of piperazine rings is 1. The fraction of sp³-hybridized carbons (Fsp3) is 0.292. The van der Waals surface area contributed by atoms with Gasteiger partial charge in [0.1, 0.15) is 0 Å². The zero-order valence-corrected chi connectivity index (χ0v) is 17.9. The Morgan fingerprint density at radius 3 is 2.42 bits per heavy atom. The fourth-order valence-electron chi connectivity index (χ4n) is 3.60. The van der Waals surface area contributed by atoms with Gasteiger partial charge >= 0.3 is 0 Å². The van der Waals surface area contributed by atoms with Crippen LogP contribution < -0.4 is 19.9 Å². The molecule has 0 radical (unpaired) electrons. The van der Waals surface area contributed by atoms with Gasteiger partial charge < -0.3 is 19.9 Å². The van der Waals surface area contributed by atoms with Crippen LogP contribution in [-0.4, -0.2) is 48.7 Å². The van der Waals surface area contributed by atoms with E-state index < -0.39 is 0 Å². The van der Waals surface area contributed by atoms with Crippen LogP contribution in [0.5, 0.6) is 5.88 Å². The quantitative estimate of drug-likeness (QED) is 0.663. The Labute approximate surface area is 182 Å². The third kappa shape index (κ3) is 5.51. The van der Waals surface area contributed by atoms with Gasteiger partial charge in [0.05, 0.1) is 0 Å². The average Bonchev–Trinajstić information content (AvgIpc) is 2.78. The summed E-state index contributed by atoms with van der Waals surface area (Å²) in [5, 5.41) is 2.84. The van der Waals surface area contributed by atoms with Gasteiger partial charge in [-0.05, 0) is 43.7 Å². The first-order valence-corrected chi connectivity index (χ1v) is 10.5. The third-order valence-electron chi connectivity index (χ3n) is 5.16. The second-order valence-electron chi connectivity index (χ2n) is 7.66. The zero-order valence-electron chi connectivity index (χ0n) is 17.9. The van der Waals surface area contributed by atoms with Crippen molar-refractivity contribution in [1.82, 2.24) is 9.97 Å². The molecule has 1 aliphatic rings. The lowest BCUT2D eigenvalue weighted by Gasteiger charge is -2.36. The highest BCUT2D eigenvalue weighted by atomic mass is 16.5. The number of aryl methyl sites for hydroxylation is 2. The number of ether oxygens (including phenoxy) is 1. The number of nitrogens with one attached hydrogen (secondary N) is 1. The number of para-hydroxylation sites is 1. The molecule has 1 fully saturated rings. The number of nitrogens with zero attached hydrogens (tertiary/aromatic N) is 4. The molecule has 2 heterocycles. The second-order valence-corrected chi connectivity index (χ2v) is 7.66. The maximum Gasteiger partial charge on any atom is 0.262 e. The van der Waals surface area contributed by atoms with Crippen LogP contribution in [0.2, 0.25) is 0 Å². The Morgan fingerprint density at radius 2 is 1.68 bits per heavy atom.